The van der Waals surface area contributed by atoms with E-state index in [1.54, 1.807) is 17.0 Å². The van der Waals surface area contributed by atoms with Crippen molar-refractivity contribution in [1.29, 1.82) is 0 Å². The number of fused-ring (bicyclic) bond motifs is 1. The summed E-state index contributed by atoms with van der Waals surface area (Å²) in [6, 6.07) is 13.1. The first-order valence-electron chi connectivity index (χ1n) is 8.19. The Morgan fingerprint density at radius 3 is 2.72 bits per heavy atom. The molecule has 6 heteroatoms. The van der Waals surface area contributed by atoms with Crippen molar-refractivity contribution in [3.8, 4) is 0 Å². The van der Waals surface area contributed by atoms with E-state index in [9.17, 15) is 9.59 Å². The summed E-state index contributed by atoms with van der Waals surface area (Å²) in [6.07, 6.45) is 1.48. The predicted molar refractivity (Wildman–Crippen MR) is 100 cm³/mol. The molecule has 3 aromatic rings. The number of nitrogens with one attached hydrogen (secondary N) is 1. The van der Waals surface area contributed by atoms with Gasteiger partial charge < -0.3 is 4.90 Å². The van der Waals surface area contributed by atoms with Crippen LogP contribution in [0.15, 0.2) is 42.5 Å². The third-order valence-corrected chi connectivity index (χ3v) is 5.21. The van der Waals surface area contributed by atoms with E-state index < -0.39 is 0 Å². The van der Waals surface area contributed by atoms with Crippen LogP contribution in [0.4, 0.5) is 10.8 Å². The number of carbonyl (C=O) groups is 2. The molecule has 1 N–H and O–H groups in total. The Morgan fingerprint density at radius 2 is 2.00 bits per heavy atom. The fraction of sp³-hybridized carbons (Fsp3) is 0.211. The van der Waals surface area contributed by atoms with Crippen LogP contribution in [0.3, 0.4) is 0 Å². The summed E-state index contributed by atoms with van der Waals surface area (Å²) in [5, 5.41) is 3.44. The van der Waals surface area contributed by atoms with E-state index >= 15 is 0 Å². The highest BCUT2D eigenvalue weighted by molar-refractivity contribution is 7.22. The highest BCUT2D eigenvalue weighted by atomic mass is 32.1. The number of rotatable bonds is 3. The number of hydrogen-bond donors (Lipinski definition) is 1. The molecule has 0 atom stereocenters. The number of aryl methyl sites for hydroxylation is 1. The molecule has 2 amide bonds. The topological polar surface area (TPSA) is 62.3 Å². The van der Waals surface area contributed by atoms with Gasteiger partial charge in [0.05, 0.1) is 10.2 Å². The molecule has 0 bridgehead atoms. The zero-order chi connectivity index (χ0) is 17.4. The molecule has 2 aromatic carbocycles. The maximum atomic E-state index is 12.4. The average Bonchev–Trinajstić information content (AvgIpc) is 3.20. The Kier molecular flexibility index (Phi) is 3.97. The Bertz CT molecular complexity index is 962. The SMILES string of the molecule is Cc1ccc2nc(NC(=O)c3ccc(N4CCCC4=O)cc3)sc2c1. The quantitative estimate of drug-likeness (QED) is 0.776. The Hall–Kier alpha value is -2.73. The zero-order valence-corrected chi connectivity index (χ0v) is 14.6. The fourth-order valence-corrected chi connectivity index (χ4v) is 3.93. The van der Waals surface area contributed by atoms with Crippen LogP contribution in [-0.2, 0) is 4.79 Å². The van der Waals surface area contributed by atoms with Crippen molar-refractivity contribution in [3.63, 3.8) is 0 Å². The van der Waals surface area contributed by atoms with E-state index in [1.165, 1.54) is 16.9 Å². The molecule has 0 saturated carbocycles. The minimum absolute atomic E-state index is 0.141. The number of anilines is 2. The summed E-state index contributed by atoms with van der Waals surface area (Å²) in [7, 11) is 0. The smallest absolute Gasteiger partial charge is 0.257 e. The van der Waals surface area contributed by atoms with Gasteiger partial charge in [0, 0.05) is 24.2 Å². The van der Waals surface area contributed by atoms with Crippen molar-refractivity contribution in [2.75, 3.05) is 16.8 Å². The lowest BCUT2D eigenvalue weighted by Gasteiger charge is -2.15. The number of nitrogens with zero attached hydrogens (tertiary/aromatic N) is 2. The average molecular weight is 351 g/mol. The molecule has 4 rings (SSSR count). The summed E-state index contributed by atoms with van der Waals surface area (Å²) >= 11 is 1.46. The maximum absolute atomic E-state index is 12.4. The molecule has 5 nitrogen and oxygen atoms in total. The van der Waals surface area contributed by atoms with Gasteiger partial charge in [0.15, 0.2) is 5.13 Å². The van der Waals surface area contributed by atoms with E-state index in [4.69, 9.17) is 0 Å². The first-order valence-corrected chi connectivity index (χ1v) is 9.01. The third kappa shape index (κ3) is 3.13. The van der Waals surface area contributed by atoms with Crippen molar-refractivity contribution in [2.45, 2.75) is 19.8 Å². The molecule has 1 saturated heterocycles. The number of amides is 2. The largest absolute Gasteiger partial charge is 0.312 e. The minimum Gasteiger partial charge on any atom is -0.312 e. The first kappa shape index (κ1) is 15.8. The molecule has 0 radical (unpaired) electrons. The van der Waals surface area contributed by atoms with Gasteiger partial charge in [-0.2, -0.15) is 0 Å². The molecule has 1 aliphatic heterocycles. The van der Waals surface area contributed by atoms with Crippen LogP contribution in [0.25, 0.3) is 10.2 Å². The lowest BCUT2D eigenvalue weighted by Crippen LogP contribution is -2.23. The van der Waals surface area contributed by atoms with Gasteiger partial charge in [-0.1, -0.05) is 17.4 Å². The van der Waals surface area contributed by atoms with Gasteiger partial charge in [0.1, 0.15) is 0 Å². The molecule has 0 unspecified atom stereocenters. The van der Waals surface area contributed by atoms with E-state index in [2.05, 4.69) is 16.4 Å². The highest BCUT2D eigenvalue weighted by Crippen LogP contribution is 2.27. The monoisotopic (exact) mass is 351 g/mol. The van der Waals surface area contributed by atoms with Crippen LogP contribution in [0.2, 0.25) is 0 Å². The van der Waals surface area contributed by atoms with Crippen LogP contribution in [0.5, 0.6) is 0 Å². The molecular weight excluding hydrogens is 334 g/mol. The number of benzene rings is 2. The lowest BCUT2D eigenvalue weighted by molar-refractivity contribution is -0.117. The van der Waals surface area contributed by atoms with Crippen molar-refractivity contribution in [3.05, 3.63) is 53.6 Å². The summed E-state index contributed by atoms with van der Waals surface area (Å²) in [5.74, 6) is -0.0583. The van der Waals surface area contributed by atoms with Gasteiger partial charge in [-0.25, -0.2) is 4.98 Å². The van der Waals surface area contributed by atoms with Crippen LogP contribution in [0.1, 0.15) is 28.8 Å². The van der Waals surface area contributed by atoms with Gasteiger partial charge in [-0.05, 0) is 55.3 Å². The molecule has 0 spiro atoms. The summed E-state index contributed by atoms with van der Waals surface area (Å²) in [5.41, 5.74) is 3.44. The second kappa shape index (κ2) is 6.29. The van der Waals surface area contributed by atoms with E-state index in [-0.39, 0.29) is 11.8 Å². The van der Waals surface area contributed by atoms with Gasteiger partial charge >= 0.3 is 0 Å². The summed E-state index contributed by atoms with van der Waals surface area (Å²) < 4.78 is 1.05. The number of carbonyl (C=O) groups excluding carboxylic acids is 2. The summed E-state index contributed by atoms with van der Waals surface area (Å²) in [6.45, 7) is 2.78. The van der Waals surface area contributed by atoms with E-state index in [0.717, 1.165) is 28.9 Å². The molecule has 1 aromatic heterocycles. The second-order valence-corrected chi connectivity index (χ2v) is 7.17. The molecule has 1 fully saturated rings. The van der Waals surface area contributed by atoms with Crippen LogP contribution in [-0.4, -0.2) is 23.3 Å². The Balaban J connectivity index is 1.51. The number of hydrogen-bond acceptors (Lipinski definition) is 4. The molecule has 25 heavy (non-hydrogen) atoms. The Labute approximate surface area is 149 Å². The van der Waals surface area contributed by atoms with E-state index in [1.807, 2.05) is 31.2 Å². The number of thiazole rings is 1. The minimum atomic E-state index is -0.199. The predicted octanol–water partition coefficient (Wildman–Crippen LogP) is 3.98. The lowest BCUT2D eigenvalue weighted by atomic mass is 10.2. The van der Waals surface area contributed by atoms with Crippen LogP contribution in [0, 0.1) is 6.92 Å². The van der Waals surface area contributed by atoms with Crippen LogP contribution >= 0.6 is 11.3 Å². The van der Waals surface area contributed by atoms with Crippen molar-refractivity contribution < 1.29 is 9.59 Å². The normalized spacial score (nSPS) is 14.3. The van der Waals surface area contributed by atoms with Crippen LogP contribution < -0.4 is 10.2 Å². The molecule has 126 valence electrons. The Morgan fingerprint density at radius 1 is 1.20 bits per heavy atom. The third-order valence-electron chi connectivity index (χ3n) is 4.28. The van der Waals surface area contributed by atoms with Gasteiger partial charge in [0.25, 0.3) is 5.91 Å². The maximum Gasteiger partial charge on any atom is 0.257 e. The second-order valence-electron chi connectivity index (χ2n) is 6.14. The van der Waals surface area contributed by atoms with Crippen molar-refractivity contribution in [2.24, 2.45) is 0 Å². The summed E-state index contributed by atoms with van der Waals surface area (Å²) in [4.78, 5) is 30.4. The zero-order valence-electron chi connectivity index (χ0n) is 13.8. The van der Waals surface area contributed by atoms with Gasteiger partial charge in [0.2, 0.25) is 5.91 Å². The van der Waals surface area contributed by atoms with Gasteiger partial charge in [-0.15, -0.1) is 0 Å². The van der Waals surface area contributed by atoms with Crippen molar-refractivity contribution >= 4 is 44.2 Å². The first-order chi connectivity index (χ1) is 12.1. The number of aromatic nitrogens is 1. The van der Waals surface area contributed by atoms with E-state index in [0.29, 0.717) is 17.1 Å². The molecular formula is C19H17N3O2S. The standard InChI is InChI=1S/C19H17N3O2S/c1-12-4-9-15-16(11-12)25-19(20-15)21-18(24)13-5-7-14(8-6-13)22-10-2-3-17(22)23/h4-9,11H,2-3,10H2,1H3,(H,20,21,24). The molecule has 1 aliphatic rings. The highest BCUT2D eigenvalue weighted by Gasteiger charge is 2.21. The van der Waals surface area contributed by atoms with Gasteiger partial charge in [-0.3, -0.25) is 14.9 Å². The molecule has 2 heterocycles. The fourth-order valence-electron chi connectivity index (χ4n) is 2.97. The molecule has 0 aliphatic carbocycles. The van der Waals surface area contributed by atoms with Crippen molar-refractivity contribution in [1.82, 2.24) is 4.98 Å².